The Morgan fingerprint density at radius 2 is 1.87 bits per heavy atom. The summed E-state index contributed by atoms with van der Waals surface area (Å²) in [5, 5.41) is 26.9. The van der Waals surface area contributed by atoms with Crippen molar-refractivity contribution in [1.82, 2.24) is 15.1 Å². The van der Waals surface area contributed by atoms with Crippen LogP contribution in [0.25, 0.3) is 11.5 Å². The zero-order chi connectivity index (χ0) is 23.0. The van der Waals surface area contributed by atoms with Gasteiger partial charge in [-0.3, -0.25) is 14.5 Å². The summed E-state index contributed by atoms with van der Waals surface area (Å²) < 4.78 is 5.70. The Bertz CT molecular complexity index is 950. The highest BCUT2D eigenvalue weighted by Crippen LogP contribution is 2.25. The number of nitriles is 1. The summed E-state index contributed by atoms with van der Waals surface area (Å²) >= 11 is 0. The van der Waals surface area contributed by atoms with Crippen LogP contribution in [-0.2, 0) is 16.0 Å². The van der Waals surface area contributed by atoms with Crippen molar-refractivity contribution in [3.05, 3.63) is 36.2 Å². The molecule has 2 rings (SSSR count). The molecule has 0 saturated carbocycles. The first-order valence-corrected chi connectivity index (χ1v) is 10.2. The van der Waals surface area contributed by atoms with Crippen LogP contribution in [0.15, 0.2) is 34.7 Å². The summed E-state index contributed by atoms with van der Waals surface area (Å²) in [6.07, 6.45) is 0.292. The first kappa shape index (κ1) is 23.7. The summed E-state index contributed by atoms with van der Waals surface area (Å²) in [7, 11) is 0. The van der Waals surface area contributed by atoms with E-state index in [1.54, 1.807) is 13.8 Å². The smallest absolute Gasteiger partial charge is 0.408 e. The van der Waals surface area contributed by atoms with E-state index in [-0.39, 0.29) is 12.3 Å². The van der Waals surface area contributed by atoms with Gasteiger partial charge in [-0.05, 0) is 30.9 Å². The number of aromatic nitrogens is 2. The van der Waals surface area contributed by atoms with Crippen LogP contribution in [0.5, 0.6) is 0 Å². The van der Waals surface area contributed by atoms with Crippen LogP contribution in [0.3, 0.4) is 0 Å². The molecule has 3 atom stereocenters. The van der Waals surface area contributed by atoms with Gasteiger partial charge in [-0.15, -0.1) is 10.2 Å². The lowest BCUT2D eigenvalue weighted by atomic mass is 9.89. The number of nitrogens with zero attached hydrogens (tertiary/aromatic N) is 4. The van der Waals surface area contributed by atoms with E-state index in [4.69, 9.17) is 9.68 Å². The number of Topliss-reactive ketones (excluding diaryl/α,β-unsaturated/α-hetero) is 2. The lowest BCUT2D eigenvalue weighted by Gasteiger charge is -2.36. The van der Waals surface area contributed by atoms with Crippen molar-refractivity contribution in [2.24, 2.45) is 5.92 Å². The van der Waals surface area contributed by atoms with E-state index < -0.39 is 35.7 Å². The van der Waals surface area contributed by atoms with E-state index >= 15 is 0 Å². The van der Waals surface area contributed by atoms with Crippen molar-refractivity contribution in [1.29, 1.82) is 5.26 Å². The maximum atomic E-state index is 12.7. The third-order valence-electron chi connectivity index (χ3n) is 5.16. The Kier molecular flexibility index (Phi) is 8.43. The summed E-state index contributed by atoms with van der Waals surface area (Å²) in [5.41, 5.74) is 0.730. The Morgan fingerprint density at radius 3 is 2.42 bits per heavy atom. The van der Waals surface area contributed by atoms with Crippen LogP contribution in [0.2, 0.25) is 0 Å². The fourth-order valence-corrected chi connectivity index (χ4v) is 3.64. The van der Waals surface area contributed by atoms with Crippen molar-refractivity contribution in [2.45, 2.75) is 58.5 Å². The van der Waals surface area contributed by atoms with E-state index in [0.29, 0.717) is 25.2 Å². The Morgan fingerprint density at radius 1 is 1.19 bits per heavy atom. The fourth-order valence-electron chi connectivity index (χ4n) is 3.64. The SMILES string of the molecule is CCCC(C)[C@@H](C(=O)C(=O)C#N)N(C(=O)O)[C@@H](CC)Cc1nnc(-c2ccccc2)o1. The highest BCUT2D eigenvalue weighted by Gasteiger charge is 2.41. The third kappa shape index (κ3) is 5.75. The minimum atomic E-state index is -1.35. The minimum Gasteiger partial charge on any atom is -0.465 e. The maximum Gasteiger partial charge on any atom is 0.408 e. The molecule has 1 N–H and O–H groups in total. The largest absolute Gasteiger partial charge is 0.465 e. The number of hydrogen-bond acceptors (Lipinski definition) is 7. The third-order valence-corrected chi connectivity index (χ3v) is 5.16. The van der Waals surface area contributed by atoms with Gasteiger partial charge in [0.05, 0.1) is 0 Å². The highest BCUT2D eigenvalue weighted by molar-refractivity contribution is 6.45. The summed E-state index contributed by atoms with van der Waals surface area (Å²) in [5.74, 6) is -2.18. The van der Waals surface area contributed by atoms with Crippen molar-refractivity contribution >= 4 is 17.7 Å². The molecule has 1 amide bonds. The second-order valence-corrected chi connectivity index (χ2v) is 7.34. The zero-order valence-corrected chi connectivity index (χ0v) is 17.8. The van der Waals surface area contributed by atoms with Gasteiger partial charge in [0.15, 0.2) is 0 Å². The zero-order valence-electron chi connectivity index (χ0n) is 17.8. The molecule has 0 saturated heterocycles. The number of amides is 1. The molecule has 9 nitrogen and oxygen atoms in total. The second-order valence-electron chi connectivity index (χ2n) is 7.34. The number of rotatable bonds is 11. The number of carbonyl (C=O) groups is 3. The molecule has 1 aromatic heterocycles. The molecule has 31 heavy (non-hydrogen) atoms. The van der Waals surface area contributed by atoms with Crippen molar-refractivity contribution in [3.63, 3.8) is 0 Å². The molecule has 0 aliphatic carbocycles. The molecular formula is C22H26N4O5. The van der Waals surface area contributed by atoms with Crippen LogP contribution < -0.4 is 0 Å². The number of benzene rings is 1. The quantitative estimate of drug-likeness (QED) is 0.426. The molecule has 1 unspecified atom stereocenters. The summed E-state index contributed by atoms with van der Waals surface area (Å²) in [6.45, 7) is 5.38. The van der Waals surface area contributed by atoms with Gasteiger partial charge in [0.1, 0.15) is 12.1 Å². The molecule has 1 heterocycles. The molecule has 0 aliphatic heterocycles. The Labute approximate surface area is 180 Å². The van der Waals surface area contributed by atoms with E-state index in [1.165, 1.54) is 6.07 Å². The number of ketones is 2. The van der Waals surface area contributed by atoms with Crippen molar-refractivity contribution in [2.75, 3.05) is 0 Å². The van der Waals surface area contributed by atoms with Gasteiger partial charge in [0.25, 0.3) is 5.78 Å². The number of carboxylic acid groups (broad SMARTS) is 1. The predicted octanol–water partition coefficient (Wildman–Crippen LogP) is 3.50. The minimum absolute atomic E-state index is 0.0754. The molecule has 164 valence electrons. The summed E-state index contributed by atoms with van der Waals surface area (Å²) in [6, 6.07) is 8.51. The van der Waals surface area contributed by atoms with Crippen LogP contribution >= 0.6 is 0 Å². The van der Waals surface area contributed by atoms with Crippen molar-refractivity contribution in [3.8, 4) is 17.5 Å². The first-order valence-electron chi connectivity index (χ1n) is 10.2. The average Bonchev–Trinajstić information content (AvgIpc) is 3.24. The molecule has 2 aromatic rings. The van der Waals surface area contributed by atoms with E-state index in [2.05, 4.69) is 10.2 Å². The lowest BCUT2D eigenvalue weighted by molar-refractivity contribution is -0.138. The molecule has 0 fully saturated rings. The van der Waals surface area contributed by atoms with Gasteiger partial charge in [-0.2, -0.15) is 5.26 Å². The lowest BCUT2D eigenvalue weighted by Crippen LogP contribution is -2.55. The van der Waals surface area contributed by atoms with E-state index in [0.717, 1.165) is 10.5 Å². The van der Waals surface area contributed by atoms with Crippen LogP contribution in [0.1, 0.15) is 45.9 Å². The number of hydrogen-bond donors (Lipinski definition) is 1. The van der Waals surface area contributed by atoms with Crippen LogP contribution in [0, 0.1) is 17.2 Å². The van der Waals surface area contributed by atoms with Gasteiger partial charge in [-0.25, -0.2) is 4.79 Å². The van der Waals surface area contributed by atoms with Crippen molar-refractivity contribution < 1.29 is 23.9 Å². The van der Waals surface area contributed by atoms with Gasteiger partial charge in [0.2, 0.25) is 17.6 Å². The Hall–Kier alpha value is -3.54. The van der Waals surface area contributed by atoms with Crippen LogP contribution in [0.4, 0.5) is 4.79 Å². The Balaban J connectivity index is 2.36. The van der Waals surface area contributed by atoms with E-state index in [1.807, 2.05) is 37.3 Å². The standard InChI is InChI=1S/C22H26N4O5/c1-4-9-14(3)19(20(28)17(27)13-23)26(22(29)30)16(5-2)12-18-24-25-21(31-18)15-10-7-6-8-11-15/h6-8,10-11,14,16,19H,4-5,9,12H2,1-3H3,(H,29,30)/t14?,16-,19-/m0/s1. The van der Waals surface area contributed by atoms with Gasteiger partial charge in [-0.1, -0.05) is 45.4 Å². The predicted molar refractivity (Wildman–Crippen MR) is 111 cm³/mol. The molecule has 0 bridgehead atoms. The molecule has 0 radical (unpaired) electrons. The summed E-state index contributed by atoms with van der Waals surface area (Å²) in [4.78, 5) is 37.7. The van der Waals surface area contributed by atoms with Gasteiger partial charge in [0, 0.05) is 18.0 Å². The molecule has 9 heteroatoms. The molecule has 0 aliphatic rings. The highest BCUT2D eigenvalue weighted by atomic mass is 16.4. The van der Waals surface area contributed by atoms with Gasteiger partial charge >= 0.3 is 6.09 Å². The molecular weight excluding hydrogens is 400 g/mol. The van der Waals surface area contributed by atoms with Crippen LogP contribution in [-0.4, -0.2) is 49.9 Å². The molecule has 1 aromatic carbocycles. The maximum absolute atomic E-state index is 12.7. The average molecular weight is 426 g/mol. The van der Waals surface area contributed by atoms with E-state index in [9.17, 15) is 19.5 Å². The second kappa shape index (κ2) is 11.0. The number of carbonyl (C=O) groups excluding carboxylic acids is 2. The van der Waals surface area contributed by atoms with Gasteiger partial charge < -0.3 is 9.52 Å². The normalized spacial score (nSPS) is 13.6. The topological polar surface area (TPSA) is 137 Å². The molecule has 0 spiro atoms. The monoisotopic (exact) mass is 426 g/mol. The fraction of sp³-hybridized carbons (Fsp3) is 0.455. The first-order chi connectivity index (χ1) is 14.8.